The van der Waals surface area contributed by atoms with Crippen LogP contribution in [0.15, 0.2) is 48.5 Å². The minimum atomic E-state index is -2.01. The van der Waals surface area contributed by atoms with E-state index in [1.165, 1.54) is 12.1 Å². The number of nitrogens with one attached hydrogen (secondary N) is 1. The highest BCUT2D eigenvalue weighted by atomic mass is 19.1. The molecule has 0 saturated carbocycles. The fraction of sp³-hybridized carbons (Fsp3) is 0.391. The van der Waals surface area contributed by atoms with Crippen LogP contribution >= 0.6 is 0 Å². The molecule has 3 amide bonds. The van der Waals surface area contributed by atoms with Crippen molar-refractivity contribution in [2.45, 2.75) is 30.7 Å². The smallest absolute Gasteiger partial charge is 0.407 e. The van der Waals surface area contributed by atoms with Gasteiger partial charge in [0.15, 0.2) is 0 Å². The van der Waals surface area contributed by atoms with Crippen LogP contribution in [0.2, 0.25) is 0 Å². The number of β-amino-alcohol motifs (C(OH)–C–C–N with tert-alkyl or cyclic N) is 1. The highest BCUT2D eigenvalue weighted by Crippen LogP contribution is 2.35. The van der Waals surface area contributed by atoms with Crippen molar-refractivity contribution in [2.24, 2.45) is 0 Å². The van der Waals surface area contributed by atoms with Gasteiger partial charge in [-0.2, -0.15) is 0 Å². The molecule has 0 aliphatic carbocycles. The molecule has 2 aliphatic heterocycles. The Morgan fingerprint density at radius 3 is 2.56 bits per heavy atom. The topological polar surface area (TPSA) is 93.1 Å². The number of carbonyl (C=O) groups is 2. The van der Waals surface area contributed by atoms with Crippen molar-refractivity contribution in [3.8, 4) is 0 Å². The number of halogens is 2. The average Bonchev–Trinajstić information content (AvgIpc) is 2.79. The largest absolute Gasteiger partial charge is 0.465 e. The SMILES string of the molecule is O=C(O)N1CCC(F)C(O)(CNC(=O)N2CCc3ccccc3[C@@H]2c2ccc(F)cc2)C1. The number of aliphatic hydroxyl groups is 1. The Bertz CT molecular complexity index is 1000. The predicted octanol–water partition coefficient (Wildman–Crippen LogP) is 2.94. The van der Waals surface area contributed by atoms with E-state index in [1.807, 2.05) is 24.3 Å². The third kappa shape index (κ3) is 4.25. The Hall–Kier alpha value is -3.20. The van der Waals surface area contributed by atoms with Crippen LogP contribution in [-0.2, 0) is 6.42 Å². The zero-order valence-corrected chi connectivity index (χ0v) is 17.4. The van der Waals surface area contributed by atoms with Crippen LogP contribution in [0.5, 0.6) is 0 Å². The van der Waals surface area contributed by atoms with Crippen LogP contribution in [-0.4, -0.2) is 70.1 Å². The molecule has 4 rings (SSSR count). The number of piperidine rings is 1. The fourth-order valence-corrected chi connectivity index (χ4v) is 4.50. The molecule has 3 N–H and O–H groups in total. The summed E-state index contributed by atoms with van der Waals surface area (Å²) in [4.78, 5) is 26.9. The fourth-order valence-electron chi connectivity index (χ4n) is 4.50. The van der Waals surface area contributed by atoms with E-state index in [-0.39, 0.29) is 18.8 Å². The normalized spacial score (nSPS) is 25.2. The summed E-state index contributed by atoms with van der Waals surface area (Å²) in [6, 6.07) is 12.6. The van der Waals surface area contributed by atoms with E-state index >= 15 is 0 Å². The number of fused-ring (bicyclic) bond motifs is 1. The molecule has 0 aromatic heterocycles. The summed E-state index contributed by atoms with van der Waals surface area (Å²) in [6.07, 6.45) is -2.43. The zero-order valence-electron chi connectivity index (χ0n) is 17.4. The molecule has 3 atom stereocenters. The lowest BCUT2D eigenvalue weighted by molar-refractivity contribution is -0.0790. The minimum Gasteiger partial charge on any atom is -0.465 e. The van der Waals surface area contributed by atoms with E-state index in [1.54, 1.807) is 17.0 Å². The molecule has 170 valence electrons. The lowest BCUT2D eigenvalue weighted by atomic mass is 9.88. The number of nitrogens with zero attached hydrogens (tertiary/aromatic N) is 2. The van der Waals surface area contributed by atoms with Crippen LogP contribution in [0.1, 0.15) is 29.2 Å². The van der Waals surface area contributed by atoms with Gasteiger partial charge in [-0.15, -0.1) is 0 Å². The first-order valence-corrected chi connectivity index (χ1v) is 10.5. The van der Waals surface area contributed by atoms with Gasteiger partial charge < -0.3 is 25.3 Å². The summed E-state index contributed by atoms with van der Waals surface area (Å²) >= 11 is 0. The van der Waals surface area contributed by atoms with Gasteiger partial charge in [-0.1, -0.05) is 36.4 Å². The maximum absolute atomic E-state index is 14.5. The Morgan fingerprint density at radius 1 is 1.12 bits per heavy atom. The standard InChI is InChI=1S/C23H25F2N3O4/c24-17-7-5-16(6-8-17)20-18-4-2-1-3-15(18)9-12-28(20)21(29)26-13-23(32)14-27(22(30)31)11-10-19(23)25/h1-8,19-20,32H,9-14H2,(H,26,29)(H,30,31)/t19?,20-,23?/m0/s1. The molecular weight excluding hydrogens is 420 g/mol. The molecule has 2 aliphatic rings. The molecule has 7 nitrogen and oxygen atoms in total. The summed E-state index contributed by atoms with van der Waals surface area (Å²) in [6.45, 7) is -0.481. The van der Waals surface area contributed by atoms with Gasteiger partial charge >= 0.3 is 12.1 Å². The van der Waals surface area contributed by atoms with Gasteiger partial charge in [0.05, 0.1) is 19.1 Å². The summed E-state index contributed by atoms with van der Waals surface area (Å²) in [5, 5.41) is 22.5. The number of benzene rings is 2. The molecule has 2 aromatic rings. The number of alkyl halides is 1. The molecule has 1 saturated heterocycles. The number of hydrogen-bond donors (Lipinski definition) is 3. The number of urea groups is 1. The highest BCUT2D eigenvalue weighted by Gasteiger charge is 2.44. The van der Waals surface area contributed by atoms with Crippen LogP contribution in [0.4, 0.5) is 18.4 Å². The van der Waals surface area contributed by atoms with Crippen molar-refractivity contribution >= 4 is 12.1 Å². The van der Waals surface area contributed by atoms with Gasteiger partial charge in [-0.3, -0.25) is 0 Å². The maximum atomic E-state index is 14.5. The Balaban J connectivity index is 1.55. The van der Waals surface area contributed by atoms with Gasteiger partial charge in [0.2, 0.25) is 0 Å². The average molecular weight is 445 g/mol. The molecule has 2 aromatic carbocycles. The molecule has 32 heavy (non-hydrogen) atoms. The zero-order chi connectivity index (χ0) is 22.9. The Kier molecular flexibility index (Phi) is 6.01. The summed E-state index contributed by atoms with van der Waals surface area (Å²) in [7, 11) is 0. The van der Waals surface area contributed by atoms with Gasteiger partial charge in [0.25, 0.3) is 0 Å². The van der Waals surface area contributed by atoms with Crippen molar-refractivity contribution in [3.05, 3.63) is 71.0 Å². The molecule has 0 bridgehead atoms. The van der Waals surface area contributed by atoms with E-state index in [4.69, 9.17) is 0 Å². The predicted molar refractivity (Wildman–Crippen MR) is 113 cm³/mol. The van der Waals surface area contributed by atoms with E-state index in [0.29, 0.717) is 13.0 Å². The number of hydrogen-bond acceptors (Lipinski definition) is 3. The molecule has 2 heterocycles. The third-order valence-corrected chi connectivity index (χ3v) is 6.25. The molecule has 9 heteroatoms. The summed E-state index contributed by atoms with van der Waals surface area (Å²) in [5.74, 6) is -0.384. The highest BCUT2D eigenvalue weighted by molar-refractivity contribution is 5.76. The maximum Gasteiger partial charge on any atom is 0.407 e. The lowest BCUT2D eigenvalue weighted by Gasteiger charge is -2.42. The van der Waals surface area contributed by atoms with Crippen molar-refractivity contribution in [1.29, 1.82) is 0 Å². The second-order valence-corrected chi connectivity index (χ2v) is 8.32. The number of amides is 3. The number of likely N-dealkylation sites (tertiary alicyclic amines) is 1. The van der Waals surface area contributed by atoms with Gasteiger partial charge in [-0.05, 0) is 41.7 Å². The molecule has 1 fully saturated rings. The summed E-state index contributed by atoms with van der Waals surface area (Å²) < 4.78 is 28.0. The van der Waals surface area contributed by atoms with E-state index < -0.39 is 43.0 Å². The Labute approximate surface area is 184 Å². The van der Waals surface area contributed by atoms with Crippen molar-refractivity contribution in [1.82, 2.24) is 15.1 Å². The first-order valence-electron chi connectivity index (χ1n) is 10.5. The van der Waals surface area contributed by atoms with E-state index in [2.05, 4.69) is 5.32 Å². The molecule has 2 unspecified atom stereocenters. The second-order valence-electron chi connectivity index (χ2n) is 8.32. The second kappa shape index (κ2) is 8.74. The van der Waals surface area contributed by atoms with Crippen LogP contribution in [0.25, 0.3) is 0 Å². The first kappa shape index (κ1) is 22.0. The number of carbonyl (C=O) groups excluding carboxylic acids is 1. The van der Waals surface area contributed by atoms with Crippen molar-refractivity contribution in [3.63, 3.8) is 0 Å². The lowest BCUT2D eigenvalue weighted by Crippen LogP contribution is -2.62. The third-order valence-electron chi connectivity index (χ3n) is 6.25. The van der Waals surface area contributed by atoms with Crippen LogP contribution in [0, 0.1) is 5.82 Å². The Morgan fingerprint density at radius 2 is 1.84 bits per heavy atom. The minimum absolute atomic E-state index is 0.0116. The van der Waals surface area contributed by atoms with Crippen LogP contribution in [0.3, 0.4) is 0 Å². The first-order chi connectivity index (χ1) is 15.3. The number of carboxylic acid groups (broad SMARTS) is 1. The number of rotatable bonds is 3. The van der Waals surface area contributed by atoms with E-state index in [0.717, 1.165) is 21.6 Å². The van der Waals surface area contributed by atoms with Gasteiger partial charge in [0, 0.05) is 13.1 Å². The quantitative estimate of drug-likeness (QED) is 0.677. The van der Waals surface area contributed by atoms with Crippen LogP contribution < -0.4 is 5.32 Å². The monoisotopic (exact) mass is 445 g/mol. The van der Waals surface area contributed by atoms with Crippen molar-refractivity contribution < 1.29 is 28.6 Å². The molecule has 0 radical (unpaired) electrons. The molecule has 0 spiro atoms. The van der Waals surface area contributed by atoms with Gasteiger partial charge in [-0.25, -0.2) is 18.4 Å². The summed E-state index contributed by atoms with van der Waals surface area (Å²) in [5.41, 5.74) is 0.714. The van der Waals surface area contributed by atoms with Gasteiger partial charge in [0.1, 0.15) is 17.6 Å². The molecular formula is C23H25F2N3O4. The van der Waals surface area contributed by atoms with E-state index in [9.17, 15) is 28.6 Å². The van der Waals surface area contributed by atoms with Crippen molar-refractivity contribution in [2.75, 3.05) is 26.2 Å².